The SMILES string of the molecule is CC.CC.CC1=C(c2cc(-c3ccc4c(c3)C(C)(C)c3ccccc3-4)ccc2C)C=CCC1.Cc1ccc2c3ccccc3c3ccccc3c2c1. The summed E-state index contributed by atoms with van der Waals surface area (Å²) in [6.07, 6.45) is 6.95. The highest BCUT2D eigenvalue weighted by Gasteiger charge is 2.35. The van der Waals surface area contributed by atoms with Crippen molar-refractivity contribution >= 4 is 37.9 Å². The van der Waals surface area contributed by atoms with Crippen LogP contribution in [0.3, 0.4) is 0 Å². The van der Waals surface area contributed by atoms with Crippen LogP contribution < -0.4 is 0 Å². The van der Waals surface area contributed by atoms with Crippen molar-refractivity contribution in [3.63, 3.8) is 0 Å². The predicted octanol–water partition coefficient (Wildman–Crippen LogP) is 15.6. The van der Waals surface area contributed by atoms with Crippen LogP contribution in [-0.2, 0) is 5.41 Å². The van der Waals surface area contributed by atoms with Crippen LogP contribution in [0.5, 0.6) is 0 Å². The Hall–Kier alpha value is -5.20. The van der Waals surface area contributed by atoms with Gasteiger partial charge in [0.25, 0.3) is 0 Å². The van der Waals surface area contributed by atoms with E-state index in [1.54, 1.807) is 0 Å². The normalized spacial score (nSPS) is 13.7. The average molecular weight is 679 g/mol. The van der Waals surface area contributed by atoms with E-state index in [0.29, 0.717) is 0 Å². The van der Waals surface area contributed by atoms with Crippen molar-refractivity contribution in [3.8, 4) is 22.3 Å². The summed E-state index contributed by atoms with van der Waals surface area (Å²) in [5.41, 5.74) is 15.2. The molecule has 0 atom stereocenters. The van der Waals surface area contributed by atoms with Crippen molar-refractivity contribution in [2.75, 3.05) is 0 Å². The molecule has 0 heterocycles. The summed E-state index contributed by atoms with van der Waals surface area (Å²) in [7, 11) is 0. The molecule has 2 aliphatic rings. The maximum Gasteiger partial charge on any atom is 0.0159 e. The molecule has 0 radical (unpaired) electrons. The van der Waals surface area contributed by atoms with Gasteiger partial charge in [-0.05, 0) is 128 Å². The van der Waals surface area contributed by atoms with Gasteiger partial charge in [-0.2, -0.15) is 0 Å². The molecule has 0 amide bonds. The molecule has 0 fully saturated rings. The smallest absolute Gasteiger partial charge is 0.0159 e. The highest BCUT2D eigenvalue weighted by Crippen LogP contribution is 2.49. The van der Waals surface area contributed by atoms with Crippen molar-refractivity contribution in [2.24, 2.45) is 0 Å². The molecule has 0 saturated carbocycles. The molecule has 9 rings (SSSR count). The van der Waals surface area contributed by atoms with Crippen LogP contribution in [0.25, 0.3) is 60.1 Å². The lowest BCUT2D eigenvalue weighted by Gasteiger charge is -2.22. The molecule has 0 bridgehead atoms. The highest BCUT2D eigenvalue weighted by atomic mass is 14.4. The molecular formula is C52H54. The molecule has 262 valence electrons. The van der Waals surface area contributed by atoms with E-state index in [1.165, 1.54) is 100.0 Å². The second kappa shape index (κ2) is 15.6. The molecular weight excluding hydrogens is 625 g/mol. The van der Waals surface area contributed by atoms with Crippen molar-refractivity contribution in [2.45, 2.75) is 80.6 Å². The zero-order valence-corrected chi connectivity index (χ0v) is 32.7. The van der Waals surface area contributed by atoms with Gasteiger partial charge < -0.3 is 0 Å². The molecule has 0 saturated heterocycles. The fourth-order valence-electron chi connectivity index (χ4n) is 8.09. The quantitative estimate of drug-likeness (QED) is 0.160. The van der Waals surface area contributed by atoms with E-state index >= 15 is 0 Å². The largest absolute Gasteiger partial charge is 0.0836 e. The Bertz CT molecular complexity index is 2410. The standard InChI is InChI=1S/C29H28.C19H14.2C2H6/c1-19-9-5-6-10-23(19)26-17-21(14-13-20(26)2)22-15-16-25-24-11-7-8-12-27(24)29(3,4)28(25)18-22;1-13-10-11-18-16-8-3-2-6-14(16)15-7-4-5-9-17(15)19(18)12-13;2*1-2/h6-8,10-18H,5,9H2,1-4H3;2-12H,1H3;2*1-2H3. The minimum atomic E-state index is 0.0423. The number of rotatable bonds is 2. The van der Waals surface area contributed by atoms with E-state index in [2.05, 4.69) is 174 Å². The van der Waals surface area contributed by atoms with Crippen molar-refractivity contribution in [1.82, 2.24) is 0 Å². The first-order valence-corrected chi connectivity index (χ1v) is 19.3. The topological polar surface area (TPSA) is 0 Å². The van der Waals surface area contributed by atoms with Gasteiger partial charge in [-0.3, -0.25) is 0 Å². The van der Waals surface area contributed by atoms with Gasteiger partial charge in [0.2, 0.25) is 0 Å². The van der Waals surface area contributed by atoms with Crippen LogP contribution in [0, 0.1) is 13.8 Å². The van der Waals surface area contributed by atoms with Crippen molar-refractivity contribution in [1.29, 1.82) is 0 Å². The summed E-state index contributed by atoms with van der Waals surface area (Å²) in [6, 6.07) is 47.0. The Labute approximate surface area is 312 Å². The monoisotopic (exact) mass is 678 g/mol. The van der Waals surface area contributed by atoms with E-state index < -0.39 is 0 Å². The molecule has 0 nitrogen and oxygen atoms in total. The van der Waals surface area contributed by atoms with Gasteiger partial charge in [0.05, 0.1) is 0 Å². The minimum absolute atomic E-state index is 0.0423. The Morgan fingerprint density at radius 3 is 1.65 bits per heavy atom. The first-order valence-electron chi connectivity index (χ1n) is 19.3. The van der Waals surface area contributed by atoms with Crippen molar-refractivity contribution in [3.05, 3.63) is 173 Å². The van der Waals surface area contributed by atoms with E-state index in [4.69, 9.17) is 0 Å². The molecule has 0 N–H and O–H groups in total. The molecule has 7 aromatic rings. The Kier molecular flexibility index (Phi) is 11.0. The zero-order chi connectivity index (χ0) is 37.0. The molecule has 0 heteroatoms. The van der Waals surface area contributed by atoms with Crippen LogP contribution in [0.2, 0.25) is 0 Å². The van der Waals surface area contributed by atoms with Gasteiger partial charge in [-0.1, -0.05) is 180 Å². The lowest BCUT2D eigenvalue weighted by atomic mass is 9.81. The number of hydrogen-bond donors (Lipinski definition) is 0. The number of aryl methyl sites for hydroxylation is 2. The summed E-state index contributed by atoms with van der Waals surface area (Å²) < 4.78 is 0. The van der Waals surface area contributed by atoms with Crippen LogP contribution in [0.4, 0.5) is 0 Å². The Morgan fingerprint density at radius 1 is 0.462 bits per heavy atom. The second-order valence-electron chi connectivity index (χ2n) is 14.2. The minimum Gasteiger partial charge on any atom is -0.0836 e. The first-order chi connectivity index (χ1) is 25.3. The summed E-state index contributed by atoms with van der Waals surface area (Å²) in [5.74, 6) is 0. The molecule has 7 aromatic carbocycles. The van der Waals surface area contributed by atoms with E-state index in [0.717, 1.165) is 6.42 Å². The molecule has 0 aromatic heterocycles. The maximum atomic E-state index is 2.42. The van der Waals surface area contributed by atoms with E-state index in [1.807, 2.05) is 27.7 Å². The Balaban J connectivity index is 0.000000174. The van der Waals surface area contributed by atoms with Gasteiger partial charge >= 0.3 is 0 Å². The zero-order valence-electron chi connectivity index (χ0n) is 32.7. The lowest BCUT2D eigenvalue weighted by molar-refractivity contribution is 0.660. The van der Waals surface area contributed by atoms with Crippen LogP contribution >= 0.6 is 0 Å². The van der Waals surface area contributed by atoms with Crippen LogP contribution in [-0.4, -0.2) is 0 Å². The third kappa shape index (κ3) is 6.64. The summed E-state index contributed by atoms with van der Waals surface area (Å²) >= 11 is 0. The number of benzene rings is 7. The second-order valence-corrected chi connectivity index (χ2v) is 14.2. The summed E-state index contributed by atoms with van der Waals surface area (Å²) in [4.78, 5) is 0. The molecule has 2 aliphatic carbocycles. The van der Waals surface area contributed by atoms with Crippen LogP contribution in [0.1, 0.15) is 89.1 Å². The van der Waals surface area contributed by atoms with Gasteiger partial charge in [0, 0.05) is 5.41 Å². The average Bonchev–Trinajstić information content (AvgIpc) is 3.42. The first kappa shape index (κ1) is 36.6. The Morgan fingerprint density at radius 2 is 1.00 bits per heavy atom. The van der Waals surface area contributed by atoms with E-state index in [-0.39, 0.29) is 5.41 Å². The summed E-state index contributed by atoms with van der Waals surface area (Å²) in [6.45, 7) is 19.4. The molecule has 0 spiro atoms. The highest BCUT2D eigenvalue weighted by molar-refractivity contribution is 6.25. The number of hydrogen-bond acceptors (Lipinski definition) is 0. The molecule has 0 aliphatic heterocycles. The van der Waals surface area contributed by atoms with Crippen molar-refractivity contribution < 1.29 is 0 Å². The van der Waals surface area contributed by atoms with Gasteiger partial charge in [-0.15, -0.1) is 0 Å². The van der Waals surface area contributed by atoms with Gasteiger partial charge in [0.1, 0.15) is 0 Å². The number of allylic oxidation sites excluding steroid dienone is 4. The maximum absolute atomic E-state index is 2.42. The number of fused-ring (bicyclic) bond motifs is 9. The fourth-order valence-corrected chi connectivity index (χ4v) is 8.09. The molecule has 0 unspecified atom stereocenters. The van der Waals surface area contributed by atoms with E-state index in [9.17, 15) is 0 Å². The molecule has 52 heavy (non-hydrogen) atoms. The van der Waals surface area contributed by atoms with Crippen LogP contribution in [0.15, 0.2) is 145 Å². The van der Waals surface area contributed by atoms with Gasteiger partial charge in [0.15, 0.2) is 0 Å². The summed E-state index contributed by atoms with van der Waals surface area (Å²) in [5, 5.41) is 8.08. The van der Waals surface area contributed by atoms with Gasteiger partial charge in [-0.25, -0.2) is 0 Å². The third-order valence-electron chi connectivity index (χ3n) is 10.8. The fraction of sp³-hybridized carbons (Fsp3) is 0.231. The lowest BCUT2D eigenvalue weighted by Crippen LogP contribution is -2.14. The third-order valence-corrected chi connectivity index (χ3v) is 10.8. The predicted molar refractivity (Wildman–Crippen MR) is 232 cm³/mol.